The molecular formula is C22H16F2N2O2. The van der Waals surface area contributed by atoms with Gasteiger partial charge >= 0.3 is 0 Å². The van der Waals surface area contributed by atoms with Crippen LogP contribution in [0.4, 0.5) is 8.78 Å². The molecule has 0 atom stereocenters. The van der Waals surface area contributed by atoms with Crippen molar-refractivity contribution in [2.75, 3.05) is 6.61 Å². The Balaban J connectivity index is 1.59. The molecule has 0 N–H and O–H groups in total. The van der Waals surface area contributed by atoms with Crippen LogP contribution in [0.1, 0.15) is 6.92 Å². The maximum absolute atomic E-state index is 13.9. The molecule has 4 aromatic rings. The summed E-state index contributed by atoms with van der Waals surface area (Å²) in [6.45, 7) is 2.47. The third-order valence-electron chi connectivity index (χ3n) is 4.22. The van der Waals surface area contributed by atoms with Gasteiger partial charge in [0.25, 0.3) is 0 Å². The van der Waals surface area contributed by atoms with Gasteiger partial charge in [0.05, 0.1) is 6.61 Å². The Hall–Kier alpha value is -3.54. The Morgan fingerprint density at radius 2 is 1.57 bits per heavy atom. The van der Waals surface area contributed by atoms with Crippen LogP contribution in [0.15, 0.2) is 71.5 Å². The fraction of sp³-hybridized carbons (Fsp3) is 0.0909. The van der Waals surface area contributed by atoms with Crippen molar-refractivity contribution in [1.29, 1.82) is 0 Å². The van der Waals surface area contributed by atoms with Gasteiger partial charge in [-0.3, -0.25) is 0 Å². The fourth-order valence-electron chi connectivity index (χ4n) is 2.84. The van der Waals surface area contributed by atoms with E-state index in [0.717, 1.165) is 16.7 Å². The summed E-state index contributed by atoms with van der Waals surface area (Å²) >= 11 is 0. The molecule has 0 radical (unpaired) electrons. The lowest BCUT2D eigenvalue weighted by Crippen LogP contribution is -1.93. The lowest BCUT2D eigenvalue weighted by atomic mass is 10.0. The van der Waals surface area contributed by atoms with Gasteiger partial charge in [-0.2, -0.15) is 0 Å². The molecule has 0 fully saturated rings. The van der Waals surface area contributed by atoms with Gasteiger partial charge < -0.3 is 9.15 Å². The van der Waals surface area contributed by atoms with Gasteiger partial charge in [-0.15, -0.1) is 0 Å². The molecule has 0 aliphatic heterocycles. The molecule has 0 unspecified atom stereocenters. The molecule has 0 aliphatic carbocycles. The van der Waals surface area contributed by atoms with E-state index in [1.807, 2.05) is 43.3 Å². The quantitative estimate of drug-likeness (QED) is 0.444. The zero-order valence-electron chi connectivity index (χ0n) is 15.0. The van der Waals surface area contributed by atoms with E-state index in [2.05, 4.69) is 9.97 Å². The number of aromatic nitrogens is 2. The van der Waals surface area contributed by atoms with Crippen LogP contribution in [0.3, 0.4) is 0 Å². The molecule has 0 saturated carbocycles. The summed E-state index contributed by atoms with van der Waals surface area (Å²) in [6.07, 6.45) is 3.13. The first kappa shape index (κ1) is 17.9. The number of hydrogen-bond donors (Lipinski definition) is 0. The molecule has 0 saturated heterocycles. The van der Waals surface area contributed by atoms with Crippen LogP contribution in [-0.4, -0.2) is 16.6 Å². The SMILES string of the molecule is CCOc1ccc(-c2ccc(-c3coc(-c4c(F)cccc4F)n3)cc2)cn1. The van der Waals surface area contributed by atoms with Crippen LogP contribution in [0.2, 0.25) is 0 Å². The molecule has 28 heavy (non-hydrogen) atoms. The highest BCUT2D eigenvalue weighted by Crippen LogP contribution is 2.30. The molecule has 0 bridgehead atoms. The van der Waals surface area contributed by atoms with Gasteiger partial charge in [0.2, 0.25) is 11.8 Å². The summed E-state index contributed by atoms with van der Waals surface area (Å²) in [5.74, 6) is -0.942. The van der Waals surface area contributed by atoms with Gasteiger partial charge in [-0.05, 0) is 30.7 Å². The minimum Gasteiger partial charge on any atom is -0.478 e. The van der Waals surface area contributed by atoms with Gasteiger partial charge in [-0.1, -0.05) is 30.3 Å². The highest BCUT2D eigenvalue weighted by atomic mass is 19.1. The molecule has 0 amide bonds. The minimum atomic E-state index is -0.716. The predicted octanol–water partition coefficient (Wildman–Crippen LogP) is 5.75. The van der Waals surface area contributed by atoms with Crippen molar-refractivity contribution in [2.45, 2.75) is 6.92 Å². The molecule has 4 nitrogen and oxygen atoms in total. The Bertz CT molecular complexity index is 1070. The largest absolute Gasteiger partial charge is 0.478 e. The Kier molecular flexibility index (Phi) is 4.85. The van der Waals surface area contributed by atoms with Crippen LogP contribution in [0.25, 0.3) is 33.8 Å². The average molecular weight is 378 g/mol. The highest BCUT2D eigenvalue weighted by Gasteiger charge is 2.17. The molecule has 6 heteroatoms. The zero-order valence-corrected chi connectivity index (χ0v) is 15.0. The summed E-state index contributed by atoms with van der Waals surface area (Å²) < 4.78 is 38.5. The number of halogens is 2. The smallest absolute Gasteiger partial charge is 0.232 e. The average Bonchev–Trinajstić information content (AvgIpc) is 3.19. The normalized spacial score (nSPS) is 10.8. The Labute approximate surface area is 160 Å². The second-order valence-electron chi connectivity index (χ2n) is 6.03. The molecular weight excluding hydrogens is 362 g/mol. The number of pyridine rings is 1. The van der Waals surface area contributed by atoms with Crippen molar-refractivity contribution in [1.82, 2.24) is 9.97 Å². The minimum absolute atomic E-state index is 0.0922. The maximum atomic E-state index is 13.9. The van der Waals surface area contributed by atoms with Crippen molar-refractivity contribution in [3.8, 4) is 39.7 Å². The molecule has 140 valence electrons. The lowest BCUT2D eigenvalue weighted by Gasteiger charge is -2.05. The highest BCUT2D eigenvalue weighted by molar-refractivity contribution is 5.69. The fourth-order valence-corrected chi connectivity index (χ4v) is 2.84. The predicted molar refractivity (Wildman–Crippen MR) is 102 cm³/mol. The molecule has 0 spiro atoms. The first-order valence-corrected chi connectivity index (χ1v) is 8.75. The number of oxazole rings is 1. The molecule has 2 aromatic carbocycles. The summed E-state index contributed by atoms with van der Waals surface area (Å²) in [5, 5.41) is 0. The lowest BCUT2D eigenvalue weighted by molar-refractivity contribution is 0.327. The molecule has 0 aliphatic rings. The topological polar surface area (TPSA) is 48.2 Å². The zero-order chi connectivity index (χ0) is 19.5. The van der Waals surface area contributed by atoms with E-state index in [1.165, 1.54) is 24.5 Å². The van der Waals surface area contributed by atoms with Crippen LogP contribution in [0.5, 0.6) is 5.88 Å². The van der Waals surface area contributed by atoms with E-state index in [4.69, 9.17) is 9.15 Å². The molecule has 2 heterocycles. The van der Waals surface area contributed by atoms with Gasteiger partial charge in [-0.25, -0.2) is 18.7 Å². The van der Waals surface area contributed by atoms with Crippen molar-refractivity contribution in [3.63, 3.8) is 0 Å². The van der Waals surface area contributed by atoms with E-state index in [1.54, 1.807) is 6.20 Å². The second-order valence-corrected chi connectivity index (χ2v) is 6.03. The van der Waals surface area contributed by atoms with Crippen LogP contribution >= 0.6 is 0 Å². The number of rotatable bonds is 5. The summed E-state index contributed by atoms with van der Waals surface area (Å²) in [4.78, 5) is 8.49. The summed E-state index contributed by atoms with van der Waals surface area (Å²) in [6, 6.07) is 15.0. The Morgan fingerprint density at radius 1 is 0.893 bits per heavy atom. The van der Waals surface area contributed by atoms with Gasteiger partial charge in [0.15, 0.2) is 0 Å². The van der Waals surface area contributed by atoms with E-state index in [-0.39, 0.29) is 11.5 Å². The summed E-state index contributed by atoms with van der Waals surface area (Å²) in [5.41, 5.74) is 2.92. The second kappa shape index (κ2) is 7.60. The first-order chi connectivity index (χ1) is 13.7. The van der Waals surface area contributed by atoms with E-state index < -0.39 is 11.6 Å². The van der Waals surface area contributed by atoms with Crippen LogP contribution in [-0.2, 0) is 0 Å². The van der Waals surface area contributed by atoms with E-state index in [0.29, 0.717) is 18.2 Å². The van der Waals surface area contributed by atoms with Crippen molar-refractivity contribution in [2.24, 2.45) is 0 Å². The first-order valence-electron chi connectivity index (χ1n) is 8.75. The molecule has 2 aromatic heterocycles. The number of nitrogens with zero attached hydrogens (tertiary/aromatic N) is 2. The third kappa shape index (κ3) is 3.49. The van der Waals surface area contributed by atoms with Crippen molar-refractivity contribution in [3.05, 3.63) is 78.7 Å². The van der Waals surface area contributed by atoms with Crippen molar-refractivity contribution < 1.29 is 17.9 Å². The standard InChI is InChI=1S/C22H16F2N2O2/c1-2-27-20-11-10-16(12-25-20)14-6-8-15(9-7-14)19-13-28-22(26-19)21-17(23)4-3-5-18(21)24/h3-13H,2H2,1H3. The number of ether oxygens (including phenoxy) is 1. The van der Waals surface area contributed by atoms with Crippen molar-refractivity contribution >= 4 is 0 Å². The maximum Gasteiger partial charge on any atom is 0.232 e. The van der Waals surface area contributed by atoms with Crippen LogP contribution in [0, 0.1) is 11.6 Å². The third-order valence-corrected chi connectivity index (χ3v) is 4.22. The van der Waals surface area contributed by atoms with Gasteiger partial charge in [0.1, 0.15) is 29.2 Å². The number of benzene rings is 2. The van der Waals surface area contributed by atoms with Crippen LogP contribution < -0.4 is 4.74 Å². The van der Waals surface area contributed by atoms with E-state index >= 15 is 0 Å². The van der Waals surface area contributed by atoms with Gasteiger partial charge in [0, 0.05) is 23.4 Å². The molecule has 4 rings (SSSR count). The summed E-state index contributed by atoms with van der Waals surface area (Å²) in [7, 11) is 0. The number of hydrogen-bond acceptors (Lipinski definition) is 4. The monoisotopic (exact) mass is 378 g/mol. The van der Waals surface area contributed by atoms with E-state index in [9.17, 15) is 8.78 Å². The Morgan fingerprint density at radius 3 is 2.21 bits per heavy atom.